The molecular weight excluding hydrogens is 266 g/mol. The molecule has 1 aromatic rings. The largest absolute Gasteiger partial charge is 0.390 e. The zero-order valence-corrected chi connectivity index (χ0v) is 11.7. The lowest BCUT2D eigenvalue weighted by atomic mass is 10.1. The predicted octanol–water partition coefficient (Wildman–Crippen LogP) is 0.626. The van der Waals surface area contributed by atoms with E-state index in [1.807, 2.05) is 14.1 Å². The number of carbonyl (C=O) groups excluding carboxylic acids is 1. The summed E-state index contributed by atoms with van der Waals surface area (Å²) in [6.45, 7) is 1.19. The molecule has 0 bridgehead atoms. The molecule has 2 heterocycles. The van der Waals surface area contributed by atoms with Crippen molar-refractivity contribution < 1.29 is 4.79 Å². The molecule has 1 aliphatic heterocycles. The second kappa shape index (κ2) is 5.88. The van der Waals surface area contributed by atoms with Gasteiger partial charge in [-0.1, -0.05) is 11.6 Å². The number of halogens is 1. The Labute approximate surface area is 116 Å². The predicted molar refractivity (Wildman–Crippen MR) is 72.7 cm³/mol. The van der Waals surface area contributed by atoms with E-state index in [1.165, 1.54) is 12.4 Å². The summed E-state index contributed by atoms with van der Waals surface area (Å²) in [5.74, 6) is -0.132. The molecule has 1 aromatic heterocycles. The van der Waals surface area contributed by atoms with E-state index >= 15 is 0 Å². The number of aromatic nitrogens is 2. The zero-order chi connectivity index (χ0) is 13.8. The van der Waals surface area contributed by atoms with Gasteiger partial charge in [0, 0.05) is 38.5 Å². The highest BCUT2D eigenvalue weighted by Gasteiger charge is 2.23. The van der Waals surface area contributed by atoms with Crippen molar-refractivity contribution >= 4 is 17.5 Å². The molecule has 6 nitrogen and oxygen atoms in total. The second-order valence-electron chi connectivity index (χ2n) is 4.16. The van der Waals surface area contributed by atoms with Gasteiger partial charge in [0.1, 0.15) is 10.8 Å². The van der Waals surface area contributed by atoms with E-state index in [9.17, 15) is 4.79 Å². The van der Waals surface area contributed by atoms with Crippen LogP contribution in [0, 0.1) is 0 Å². The van der Waals surface area contributed by atoms with E-state index in [4.69, 9.17) is 11.6 Å². The Kier molecular flexibility index (Phi) is 4.21. The van der Waals surface area contributed by atoms with E-state index in [0.717, 1.165) is 17.8 Å². The van der Waals surface area contributed by atoms with Gasteiger partial charge in [0.25, 0.3) is 5.91 Å². The van der Waals surface area contributed by atoms with Crippen LogP contribution >= 0.6 is 11.6 Å². The summed E-state index contributed by atoms with van der Waals surface area (Å²) < 4.78 is 0. The van der Waals surface area contributed by atoms with E-state index in [2.05, 4.69) is 20.6 Å². The van der Waals surface area contributed by atoms with E-state index in [-0.39, 0.29) is 11.1 Å². The molecule has 2 rings (SSSR count). The number of rotatable bonds is 3. The molecule has 1 amide bonds. The number of hydrogen-bond donors (Lipinski definition) is 2. The average Bonchev–Trinajstić information content (AvgIpc) is 2.46. The lowest BCUT2D eigenvalue weighted by molar-refractivity contribution is 0.0753. The van der Waals surface area contributed by atoms with Gasteiger partial charge in [-0.2, -0.15) is 0 Å². The van der Waals surface area contributed by atoms with Gasteiger partial charge < -0.3 is 15.5 Å². The van der Waals surface area contributed by atoms with Gasteiger partial charge in [-0.25, -0.2) is 9.97 Å². The molecule has 2 N–H and O–H groups in total. The third kappa shape index (κ3) is 2.96. The number of nitrogens with one attached hydrogen (secondary N) is 2. The lowest BCUT2D eigenvalue weighted by Crippen LogP contribution is -2.41. The van der Waals surface area contributed by atoms with Crippen molar-refractivity contribution in [1.29, 1.82) is 0 Å². The highest BCUT2D eigenvalue weighted by molar-refractivity contribution is 6.29. The smallest absolute Gasteiger partial charge is 0.274 e. The van der Waals surface area contributed by atoms with Gasteiger partial charge >= 0.3 is 0 Å². The summed E-state index contributed by atoms with van der Waals surface area (Å²) >= 11 is 5.66. The molecule has 0 aliphatic carbocycles. The first-order valence-electron chi connectivity index (χ1n) is 6.00. The van der Waals surface area contributed by atoms with Crippen LogP contribution in [0.25, 0.3) is 0 Å². The monoisotopic (exact) mass is 281 g/mol. The maximum absolute atomic E-state index is 12.3. The van der Waals surface area contributed by atoms with Crippen LogP contribution in [0.2, 0.25) is 5.15 Å². The molecule has 0 atom stereocenters. The molecule has 0 aromatic carbocycles. The Morgan fingerprint density at radius 1 is 1.26 bits per heavy atom. The van der Waals surface area contributed by atoms with Gasteiger partial charge in [-0.05, 0) is 0 Å². The topological polar surface area (TPSA) is 70.2 Å². The van der Waals surface area contributed by atoms with E-state index in [0.29, 0.717) is 18.8 Å². The summed E-state index contributed by atoms with van der Waals surface area (Å²) in [5, 5.41) is 6.54. The fraction of sp³-hybridized carbons (Fsp3) is 0.417. The Bertz CT molecular complexity index is 499. The second-order valence-corrected chi connectivity index (χ2v) is 4.55. The zero-order valence-electron chi connectivity index (χ0n) is 10.9. The number of amides is 1. The maximum atomic E-state index is 12.3. The van der Waals surface area contributed by atoms with Crippen molar-refractivity contribution in [2.45, 2.75) is 6.42 Å². The fourth-order valence-electron chi connectivity index (χ4n) is 2.03. The number of nitrogens with zero attached hydrogens (tertiary/aromatic N) is 3. The van der Waals surface area contributed by atoms with E-state index in [1.54, 1.807) is 4.90 Å². The number of likely N-dealkylation sites (N-methyl/N-ethyl adjacent to an activating group) is 1. The van der Waals surface area contributed by atoms with Crippen LogP contribution < -0.4 is 10.6 Å². The summed E-state index contributed by atoms with van der Waals surface area (Å²) in [7, 11) is 3.73. The quantitative estimate of drug-likeness (QED) is 0.850. The summed E-state index contributed by atoms with van der Waals surface area (Å²) in [4.78, 5) is 21.9. The Morgan fingerprint density at radius 2 is 2.00 bits per heavy atom. The number of hydrogen-bond acceptors (Lipinski definition) is 5. The number of carbonyl (C=O) groups is 1. The van der Waals surface area contributed by atoms with Crippen molar-refractivity contribution in [1.82, 2.24) is 25.5 Å². The summed E-state index contributed by atoms with van der Waals surface area (Å²) in [6, 6.07) is 0. The van der Waals surface area contributed by atoms with Crippen LogP contribution in [0.1, 0.15) is 16.9 Å². The van der Waals surface area contributed by atoms with Crippen LogP contribution in [-0.2, 0) is 0 Å². The van der Waals surface area contributed by atoms with Crippen molar-refractivity contribution in [3.05, 3.63) is 34.6 Å². The molecule has 0 fully saturated rings. The van der Waals surface area contributed by atoms with Gasteiger partial charge in [0.15, 0.2) is 0 Å². The summed E-state index contributed by atoms with van der Waals surface area (Å²) in [6.07, 6.45) is 3.58. The minimum Gasteiger partial charge on any atom is -0.390 e. The molecule has 7 heteroatoms. The van der Waals surface area contributed by atoms with Gasteiger partial charge in [-0.15, -0.1) is 0 Å². The Balaban J connectivity index is 2.14. The fourth-order valence-corrected chi connectivity index (χ4v) is 2.12. The lowest BCUT2D eigenvalue weighted by Gasteiger charge is -2.30. The highest BCUT2D eigenvalue weighted by atomic mass is 35.5. The molecule has 0 unspecified atom stereocenters. The van der Waals surface area contributed by atoms with Crippen molar-refractivity contribution in [2.24, 2.45) is 0 Å². The maximum Gasteiger partial charge on any atom is 0.274 e. The van der Waals surface area contributed by atoms with Gasteiger partial charge in [0.05, 0.1) is 18.9 Å². The Morgan fingerprint density at radius 3 is 2.58 bits per heavy atom. The van der Waals surface area contributed by atoms with Crippen molar-refractivity contribution in [3.63, 3.8) is 0 Å². The molecule has 0 radical (unpaired) electrons. The summed E-state index contributed by atoms with van der Waals surface area (Å²) in [5.41, 5.74) is 2.46. The van der Waals surface area contributed by atoms with Gasteiger partial charge in [-0.3, -0.25) is 4.79 Å². The third-order valence-corrected chi connectivity index (χ3v) is 3.27. The Hall–Kier alpha value is -1.82. The minimum absolute atomic E-state index is 0.132. The molecule has 1 aliphatic rings. The molecule has 102 valence electrons. The van der Waals surface area contributed by atoms with Crippen LogP contribution in [0.3, 0.4) is 0 Å². The van der Waals surface area contributed by atoms with Crippen molar-refractivity contribution in [3.8, 4) is 0 Å². The van der Waals surface area contributed by atoms with Gasteiger partial charge in [0.2, 0.25) is 0 Å². The first-order valence-corrected chi connectivity index (χ1v) is 6.38. The third-order valence-electron chi connectivity index (χ3n) is 3.08. The first kappa shape index (κ1) is 13.6. The van der Waals surface area contributed by atoms with Crippen LogP contribution in [-0.4, -0.2) is 48.0 Å². The van der Waals surface area contributed by atoms with E-state index < -0.39 is 0 Å². The molecule has 0 saturated carbocycles. The molecule has 0 spiro atoms. The van der Waals surface area contributed by atoms with Crippen LogP contribution in [0.4, 0.5) is 0 Å². The minimum atomic E-state index is -0.132. The SMILES string of the molecule is CNC1=C(NC)CN(C(=O)c2cnc(Cl)cn2)CC1. The molecular formula is C12H16ClN5O. The highest BCUT2D eigenvalue weighted by Crippen LogP contribution is 2.15. The average molecular weight is 282 g/mol. The normalized spacial score (nSPS) is 15.4. The van der Waals surface area contributed by atoms with Crippen molar-refractivity contribution in [2.75, 3.05) is 27.2 Å². The molecule has 0 saturated heterocycles. The standard InChI is InChI=1S/C12H16ClN5O/c1-14-8-3-4-18(7-10(8)15-2)12(19)9-5-17-11(13)6-16-9/h5-6,14-15H,3-4,7H2,1-2H3. The molecule has 19 heavy (non-hydrogen) atoms. The van der Waals surface area contributed by atoms with Crippen LogP contribution in [0.15, 0.2) is 23.8 Å². The van der Waals surface area contributed by atoms with Crippen LogP contribution in [0.5, 0.6) is 0 Å². The first-order chi connectivity index (χ1) is 9.15.